The van der Waals surface area contributed by atoms with Crippen LogP contribution in [-0.2, 0) is 6.42 Å². The monoisotopic (exact) mass is 358 g/mol. The van der Waals surface area contributed by atoms with E-state index in [-0.39, 0.29) is 41.4 Å². The fourth-order valence-corrected chi connectivity index (χ4v) is 3.60. The Hall–Kier alpha value is -2.63. The van der Waals surface area contributed by atoms with E-state index in [9.17, 15) is 14.0 Å². The molecule has 6 heteroatoms. The van der Waals surface area contributed by atoms with Crippen LogP contribution in [0.25, 0.3) is 17.0 Å². The first-order valence-corrected chi connectivity index (χ1v) is 8.66. The topological polar surface area (TPSA) is 65.7 Å². The van der Waals surface area contributed by atoms with E-state index in [0.717, 1.165) is 0 Å². The van der Waals surface area contributed by atoms with Gasteiger partial charge in [-0.1, -0.05) is 6.92 Å². The Balaban J connectivity index is 2.24. The predicted molar refractivity (Wildman–Crippen MR) is 94.6 cm³/mol. The second-order valence-corrected chi connectivity index (χ2v) is 7.28. The molecule has 0 saturated carbocycles. The van der Waals surface area contributed by atoms with Gasteiger partial charge < -0.3 is 13.9 Å². The van der Waals surface area contributed by atoms with Gasteiger partial charge in [0.05, 0.1) is 10.9 Å². The average Bonchev–Trinajstić information content (AvgIpc) is 2.55. The molecule has 0 bridgehead atoms. The fourth-order valence-electron chi connectivity index (χ4n) is 3.60. The van der Waals surface area contributed by atoms with Gasteiger partial charge in [0.25, 0.3) is 0 Å². The number of rotatable bonds is 1. The maximum Gasteiger partial charge on any atom is 0.372 e. The van der Waals surface area contributed by atoms with E-state index >= 15 is 0 Å². The Morgan fingerprint density at radius 2 is 2.00 bits per heavy atom. The molecule has 1 aromatic carbocycles. The van der Waals surface area contributed by atoms with Crippen LogP contribution in [0.1, 0.15) is 55.6 Å². The van der Waals surface area contributed by atoms with Gasteiger partial charge in [-0.15, -0.1) is 0 Å². The molecule has 1 aromatic heterocycles. The van der Waals surface area contributed by atoms with Crippen LogP contribution in [0.3, 0.4) is 0 Å². The van der Waals surface area contributed by atoms with Crippen molar-refractivity contribution in [1.82, 2.24) is 0 Å². The lowest BCUT2D eigenvalue weighted by Crippen LogP contribution is -2.30. The zero-order valence-corrected chi connectivity index (χ0v) is 15.1. The first-order chi connectivity index (χ1) is 12.2. The molecule has 136 valence electrons. The van der Waals surface area contributed by atoms with Gasteiger partial charge in [0, 0.05) is 12.0 Å². The highest BCUT2D eigenvalue weighted by atomic mass is 19.1. The zero-order valence-electron chi connectivity index (χ0n) is 15.1. The van der Waals surface area contributed by atoms with Gasteiger partial charge in [-0.3, -0.25) is 4.79 Å². The lowest BCUT2D eigenvalue weighted by molar-refractivity contribution is 0.0869. The quantitative estimate of drug-likeness (QED) is 0.720. The van der Waals surface area contributed by atoms with Crippen molar-refractivity contribution in [3.05, 3.63) is 39.0 Å². The maximum atomic E-state index is 14.5. The average molecular weight is 358 g/mol. The van der Waals surface area contributed by atoms with E-state index in [1.807, 2.05) is 26.0 Å². The third-order valence-electron chi connectivity index (χ3n) is 4.78. The summed E-state index contributed by atoms with van der Waals surface area (Å²) in [5, 5.41) is 0.335. The predicted octanol–water partition coefficient (Wildman–Crippen LogP) is 4.03. The molecule has 0 aliphatic carbocycles. The van der Waals surface area contributed by atoms with Crippen LogP contribution >= 0.6 is 0 Å². The van der Waals surface area contributed by atoms with Crippen LogP contribution in [0.5, 0.6) is 11.5 Å². The van der Waals surface area contributed by atoms with Crippen molar-refractivity contribution in [3.63, 3.8) is 0 Å². The van der Waals surface area contributed by atoms with Crippen LogP contribution in [0, 0.1) is 5.82 Å². The van der Waals surface area contributed by atoms with Gasteiger partial charge in [-0.2, -0.15) is 4.39 Å². The molecule has 1 unspecified atom stereocenters. The van der Waals surface area contributed by atoms with Crippen LogP contribution < -0.4 is 15.1 Å². The summed E-state index contributed by atoms with van der Waals surface area (Å²) in [6.07, 6.45) is 3.80. The van der Waals surface area contributed by atoms with Gasteiger partial charge in [0.1, 0.15) is 28.8 Å². The summed E-state index contributed by atoms with van der Waals surface area (Å²) in [4.78, 5) is 24.7. The van der Waals surface area contributed by atoms with E-state index in [4.69, 9.17) is 13.9 Å². The molecule has 0 saturated heterocycles. The van der Waals surface area contributed by atoms with Crippen molar-refractivity contribution in [2.24, 2.45) is 0 Å². The van der Waals surface area contributed by atoms with Crippen molar-refractivity contribution in [1.29, 1.82) is 0 Å². The van der Waals surface area contributed by atoms with Crippen molar-refractivity contribution < 1.29 is 23.1 Å². The van der Waals surface area contributed by atoms with Crippen molar-refractivity contribution in [3.8, 4) is 11.5 Å². The number of ketones is 1. The van der Waals surface area contributed by atoms with E-state index in [2.05, 4.69) is 0 Å². The summed E-state index contributed by atoms with van der Waals surface area (Å²) in [5.41, 5.74) is -0.714. The zero-order chi connectivity index (χ0) is 18.8. The summed E-state index contributed by atoms with van der Waals surface area (Å²) >= 11 is 0. The third kappa shape index (κ3) is 2.28. The van der Waals surface area contributed by atoms with Crippen LogP contribution in [0.15, 0.2) is 15.3 Å². The second-order valence-electron chi connectivity index (χ2n) is 7.28. The van der Waals surface area contributed by atoms with Crippen LogP contribution in [-0.4, -0.2) is 17.5 Å². The summed E-state index contributed by atoms with van der Waals surface area (Å²) in [7, 11) is 0. The molecule has 2 aliphatic heterocycles. The molecule has 0 radical (unpaired) electrons. The molecule has 26 heavy (non-hydrogen) atoms. The molecule has 0 amide bonds. The fraction of sp³-hybridized carbons (Fsp3) is 0.400. The number of Topliss-reactive ketones (excluding diaryl/α,β-unsaturated/α-hetero) is 1. The second kappa shape index (κ2) is 5.43. The minimum Gasteiger partial charge on any atom is -0.489 e. The molecule has 2 aromatic rings. The minimum atomic E-state index is -1.09. The normalized spacial score (nSPS) is 20.3. The van der Waals surface area contributed by atoms with Crippen molar-refractivity contribution in [2.75, 3.05) is 0 Å². The SMILES string of the molecule is CCc1c(F)c(=O)oc2c3c(c4c(c12)OC(C)(C)C=C4)OC(C)CC3=O. The largest absolute Gasteiger partial charge is 0.489 e. The lowest BCUT2D eigenvalue weighted by Gasteiger charge is -2.33. The third-order valence-corrected chi connectivity index (χ3v) is 4.78. The first-order valence-electron chi connectivity index (χ1n) is 8.66. The molecule has 3 heterocycles. The molecule has 1 atom stereocenters. The molecule has 0 N–H and O–H groups in total. The summed E-state index contributed by atoms with van der Waals surface area (Å²) in [5.74, 6) is -0.426. The molecule has 5 nitrogen and oxygen atoms in total. The van der Waals surface area contributed by atoms with Gasteiger partial charge >= 0.3 is 5.63 Å². The number of benzene rings is 1. The highest BCUT2D eigenvalue weighted by Crippen LogP contribution is 2.48. The summed E-state index contributed by atoms with van der Waals surface area (Å²) < 4.78 is 31.7. The Morgan fingerprint density at radius 3 is 2.69 bits per heavy atom. The smallest absolute Gasteiger partial charge is 0.372 e. The molecular formula is C20H19FO5. The van der Waals surface area contributed by atoms with Crippen LogP contribution in [0.2, 0.25) is 0 Å². The Morgan fingerprint density at radius 1 is 1.27 bits per heavy atom. The van der Waals surface area contributed by atoms with E-state index in [1.54, 1.807) is 13.8 Å². The maximum absolute atomic E-state index is 14.5. The Labute approximate surface area is 149 Å². The number of halogens is 1. The van der Waals surface area contributed by atoms with Crippen LogP contribution in [0.4, 0.5) is 4.39 Å². The van der Waals surface area contributed by atoms with E-state index in [0.29, 0.717) is 22.4 Å². The standard InChI is InChI=1S/C20H19FO5/c1-5-10-13-17-11(6-7-20(3,4)26-17)16-14(12(22)8-9(2)24-16)18(13)25-19(23)15(10)21/h6-7,9H,5,8H2,1-4H3. The molecule has 0 spiro atoms. The summed E-state index contributed by atoms with van der Waals surface area (Å²) in [6.45, 7) is 7.28. The van der Waals surface area contributed by atoms with Gasteiger partial charge in [0.15, 0.2) is 11.4 Å². The number of fused-ring (bicyclic) bond motifs is 6. The van der Waals surface area contributed by atoms with E-state index in [1.165, 1.54) is 0 Å². The Kier molecular flexibility index (Phi) is 3.51. The highest BCUT2D eigenvalue weighted by Gasteiger charge is 2.37. The number of carbonyl (C=O) groups excluding carboxylic acids is 1. The number of carbonyl (C=O) groups is 1. The van der Waals surface area contributed by atoms with Crippen molar-refractivity contribution in [2.45, 2.75) is 52.2 Å². The number of hydrogen-bond donors (Lipinski definition) is 0. The van der Waals surface area contributed by atoms with Crippen molar-refractivity contribution >= 4 is 22.8 Å². The highest BCUT2D eigenvalue weighted by molar-refractivity contribution is 6.13. The lowest BCUT2D eigenvalue weighted by atomic mass is 9.90. The number of hydrogen-bond acceptors (Lipinski definition) is 5. The number of aryl methyl sites for hydroxylation is 1. The van der Waals surface area contributed by atoms with E-state index < -0.39 is 17.0 Å². The van der Waals surface area contributed by atoms with Gasteiger partial charge in [-0.25, -0.2) is 4.79 Å². The first kappa shape index (κ1) is 16.8. The number of ether oxygens (including phenoxy) is 2. The minimum absolute atomic E-state index is 0.0463. The van der Waals surface area contributed by atoms with Gasteiger partial charge in [-0.05, 0) is 39.3 Å². The molecule has 0 fully saturated rings. The van der Waals surface area contributed by atoms with Gasteiger partial charge in [0.2, 0.25) is 5.82 Å². The molecule has 4 rings (SSSR count). The Bertz CT molecular complexity index is 1040. The molecular weight excluding hydrogens is 339 g/mol. The summed E-state index contributed by atoms with van der Waals surface area (Å²) in [6, 6.07) is 0. The molecule has 2 aliphatic rings.